The van der Waals surface area contributed by atoms with Crippen LogP contribution in [0.3, 0.4) is 0 Å². The molecule has 0 spiro atoms. The molecule has 1 fully saturated rings. The first-order valence-corrected chi connectivity index (χ1v) is 10.2. The number of nitrogens with one attached hydrogen (secondary N) is 1. The molecule has 2 rings (SSSR count). The van der Waals surface area contributed by atoms with Crippen LogP contribution in [0.5, 0.6) is 0 Å². The zero-order chi connectivity index (χ0) is 17.7. The Bertz CT molecular complexity index is 713. The third-order valence-corrected chi connectivity index (χ3v) is 6.40. The number of nitriles is 1. The summed E-state index contributed by atoms with van der Waals surface area (Å²) in [5.41, 5.74) is 0.341. The first kappa shape index (κ1) is 19.2. The molecule has 1 N–H and O–H groups in total. The van der Waals surface area contributed by atoms with Crippen molar-refractivity contribution >= 4 is 21.6 Å². The van der Waals surface area contributed by atoms with Crippen LogP contribution in [0.25, 0.3) is 0 Å². The van der Waals surface area contributed by atoms with E-state index < -0.39 is 10.0 Å². The van der Waals surface area contributed by atoms with Crippen molar-refractivity contribution in [2.45, 2.75) is 56.5 Å². The molecule has 1 saturated heterocycles. The van der Waals surface area contributed by atoms with E-state index in [-0.39, 0.29) is 9.92 Å². The zero-order valence-electron chi connectivity index (χ0n) is 14.1. The molecular formula is C17H24ClN3O2S. The van der Waals surface area contributed by atoms with Gasteiger partial charge in [0.15, 0.2) is 0 Å². The van der Waals surface area contributed by atoms with E-state index in [1.54, 1.807) is 0 Å². The number of hydrogen-bond acceptors (Lipinski definition) is 4. The van der Waals surface area contributed by atoms with Crippen LogP contribution in [0.15, 0.2) is 23.1 Å². The zero-order valence-corrected chi connectivity index (χ0v) is 15.7. The highest BCUT2D eigenvalue weighted by Gasteiger charge is 2.25. The smallest absolute Gasteiger partial charge is 0.242 e. The van der Waals surface area contributed by atoms with Crippen LogP contribution >= 0.6 is 11.6 Å². The molecule has 1 aromatic carbocycles. The van der Waals surface area contributed by atoms with Crippen molar-refractivity contribution in [3.05, 3.63) is 28.8 Å². The van der Waals surface area contributed by atoms with Gasteiger partial charge in [-0.15, -0.1) is 0 Å². The summed E-state index contributed by atoms with van der Waals surface area (Å²) >= 11 is 6.01. The predicted molar refractivity (Wildman–Crippen MR) is 95.5 cm³/mol. The maximum atomic E-state index is 12.4. The van der Waals surface area contributed by atoms with Gasteiger partial charge in [-0.25, -0.2) is 13.1 Å². The molecule has 1 aromatic rings. The van der Waals surface area contributed by atoms with E-state index in [0.29, 0.717) is 24.2 Å². The summed E-state index contributed by atoms with van der Waals surface area (Å²) in [5.74, 6) is 0. The Morgan fingerprint density at radius 1 is 1.42 bits per heavy atom. The molecule has 1 aliphatic heterocycles. The lowest BCUT2D eigenvalue weighted by Gasteiger charge is -2.38. The molecule has 0 aromatic heterocycles. The molecule has 1 aliphatic rings. The van der Waals surface area contributed by atoms with Crippen LogP contribution in [0, 0.1) is 11.3 Å². The van der Waals surface area contributed by atoms with Crippen molar-refractivity contribution < 1.29 is 8.42 Å². The Balaban J connectivity index is 1.99. The Morgan fingerprint density at radius 2 is 2.17 bits per heavy atom. The van der Waals surface area contributed by atoms with Crippen LogP contribution in [0.4, 0.5) is 0 Å². The van der Waals surface area contributed by atoms with Gasteiger partial charge in [0.05, 0.1) is 16.7 Å². The Hall–Kier alpha value is -1.13. The van der Waals surface area contributed by atoms with E-state index in [1.165, 1.54) is 31.0 Å². The number of halogens is 1. The van der Waals surface area contributed by atoms with Crippen molar-refractivity contribution in [2.75, 3.05) is 13.1 Å². The predicted octanol–water partition coefficient (Wildman–Crippen LogP) is 3.14. The van der Waals surface area contributed by atoms with Crippen LogP contribution in [-0.2, 0) is 10.0 Å². The van der Waals surface area contributed by atoms with Gasteiger partial charge in [0, 0.05) is 18.6 Å². The SMILES string of the molecule is CC(C)N1CCCC[C@@H]1CCNS(=O)(=O)c1ccc(C#N)cc1Cl. The van der Waals surface area contributed by atoms with Crippen molar-refractivity contribution in [3.8, 4) is 6.07 Å². The van der Waals surface area contributed by atoms with Crippen molar-refractivity contribution in [2.24, 2.45) is 0 Å². The highest BCUT2D eigenvalue weighted by molar-refractivity contribution is 7.89. The van der Waals surface area contributed by atoms with Gasteiger partial charge in [0.1, 0.15) is 4.90 Å². The molecule has 1 heterocycles. The fourth-order valence-electron chi connectivity index (χ4n) is 3.24. The number of nitrogens with zero attached hydrogens (tertiary/aromatic N) is 2. The second-order valence-electron chi connectivity index (χ2n) is 6.42. The molecule has 0 aliphatic carbocycles. The standard InChI is InChI=1S/C17H24ClN3O2S/c1-13(2)21-10-4-3-5-15(21)8-9-20-24(22,23)17-7-6-14(12-19)11-16(17)18/h6-7,11,13,15,20H,3-5,8-10H2,1-2H3/t15-/m1/s1. The molecule has 1 atom stereocenters. The fourth-order valence-corrected chi connectivity index (χ4v) is 4.83. The first-order chi connectivity index (χ1) is 11.3. The van der Waals surface area contributed by atoms with Crippen molar-refractivity contribution in [1.29, 1.82) is 5.26 Å². The summed E-state index contributed by atoms with van der Waals surface area (Å²) in [6, 6.07) is 7.04. The second kappa shape index (κ2) is 8.30. The van der Waals surface area contributed by atoms with Crippen LogP contribution < -0.4 is 4.72 Å². The average molecular weight is 370 g/mol. The number of benzene rings is 1. The van der Waals surface area contributed by atoms with E-state index in [9.17, 15) is 8.42 Å². The third-order valence-electron chi connectivity index (χ3n) is 4.46. The lowest BCUT2D eigenvalue weighted by Crippen LogP contribution is -2.45. The van der Waals surface area contributed by atoms with Gasteiger partial charge in [-0.1, -0.05) is 18.0 Å². The molecular weight excluding hydrogens is 346 g/mol. The number of hydrogen-bond donors (Lipinski definition) is 1. The summed E-state index contributed by atoms with van der Waals surface area (Å²) in [5, 5.41) is 8.90. The molecule has 132 valence electrons. The third kappa shape index (κ3) is 4.70. The largest absolute Gasteiger partial charge is 0.298 e. The van der Waals surface area contributed by atoms with E-state index >= 15 is 0 Å². The molecule has 5 nitrogen and oxygen atoms in total. The molecule has 24 heavy (non-hydrogen) atoms. The topological polar surface area (TPSA) is 73.2 Å². The number of sulfonamides is 1. The number of rotatable bonds is 6. The van der Waals surface area contributed by atoms with Gasteiger partial charge >= 0.3 is 0 Å². The van der Waals surface area contributed by atoms with Gasteiger partial charge in [-0.05, 0) is 57.9 Å². The minimum Gasteiger partial charge on any atom is -0.298 e. The first-order valence-electron chi connectivity index (χ1n) is 8.30. The van der Waals surface area contributed by atoms with Gasteiger partial charge < -0.3 is 0 Å². The van der Waals surface area contributed by atoms with Gasteiger partial charge in [0.2, 0.25) is 10.0 Å². The Kier molecular flexibility index (Phi) is 6.64. The van der Waals surface area contributed by atoms with Crippen LogP contribution in [-0.4, -0.2) is 38.5 Å². The highest BCUT2D eigenvalue weighted by Crippen LogP contribution is 2.24. The lowest BCUT2D eigenvalue weighted by atomic mass is 9.98. The lowest BCUT2D eigenvalue weighted by molar-refractivity contribution is 0.106. The minimum atomic E-state index is -3.66. The average Bonchev–Trinajstić information content (AvgIpc) is 2.54. The second-order valence-corrected chi connectivity index (χ2v) is 8.57. The van der Waals surface area contributed by atoms with E-state index in [1.807, 2.05) is 6.07 Å². The summed E-state index contributed by atoms with van der Waals surface area (Å²) in [6.45, 7) is 5.82. The minimum absolute atomic E-state index is 0.0209. The monoisotopic (exact) mass is 369 g/mol. The van der Waals surface area contributed by atoms with E-state index in [0.717, 1.165) is 19.4 Å². The Labute approximate surface area is 149 Å². The number of likely N-dealkylation sites (tertiary alicyclic amines) is 1. The maximum absolute atomic E-state index is 12.4. The fraction of sp³-hybridized carbons (Fsp3) is 0.588. The molecule has 0 saturated carbocycles. The van der Waals surface area contributed by atoms with E-state index in [4.69, 9.17) is 16.9 Å². The highest BCUT2D eigenvalue weighted by atomic mass is 35.5. The van der Waals surface area contributed by atoms with Crippen LogP contribution in [0.2, 0.25) is 5.02 Å². The quantitative estimate of drug-likeness (QED) is 0.835. The summed E-state index contributed by atoms with van der Waals surface area (Å²) in [6.07, 6.45) is 4.30. The Morgan fingerprint density at radius 3 is 2.79 bits per heavy atom. The molecule has 0 bridgehead atoms. The summed E-state index contributed by atoms with van der Waals surface area (Å²) in [4.78, 5) is 2.47. The van der Waals surface area contributed by atoms with Gasteiger partial charge in [0.25, 0.3) is 0 Å². The van der Waals surface area contributed by atoms with Gasteiger partial charge in [-0.3, -0.25) is 4.90 Å². The van der Waals surface area contributed by atoms with Crippen LogP contribution in [0.1, 0.15) is 45.1 Å². The van der Waals surface area contributed by atoms with E-state index in [2.05, 4.69) is 23.5 Å². The molecule has 0 unspecified atom stereocenters. The summed E-state index contributed by atoms with van der Waals surface area (Å²) < 4.78 is 27.5. The van der Waals surface area contributed by atoms with Crippen molar-refractivity contribution in [3.63, 3.8) is 0 Å². The number of piperidine rings is 1. The van der Waals surface area contributed by atoms with Gasteiger partial charge in [-0.2, -0.15) is 5.26 Å². The maximum Gasteiger partial charge on any atom is 0.242 e. The normalized spacial score (nSPS) is 19.4. The molecule has 7 heteroatoms. The molecule has 0 radical (unpaired) electrons. The summed E-state index contributed by atoms with van der Waals surface area (Å²) in [7, 11) is -3.66. The van der Waals surface area contributed by atoms with Crippen molar-refractivity contribution in [1.82, 2.24) is 9.62 Å². The molecule has 0 amide bonds.